The van der Waals surface area contributed by atoms with Crippen molar-refractivity contribution in [3.8, 4) is 5.75 Å². The SMILES string of the molecule is CCOc1ccc(Br)cc1CNC12C[C@H]3C[C@@H](CC(O)(C3)C1)C2. The molecule has 0 amide bonds. The molecule has 1 aromatic rings. The van der Waals surface area contributed by atoms with Gasteiger partial charge in [0.25, 0.3) is 0 Å². The van der Waals surface area contributed by atoms with Gasteiger partial charge < -0.3 is 15.2 Å². The van der Waals surface area contributed by atoms with Gasteiger partial charge in [0.1, 0.15) is 5.75 Å². The lowest BCUT2D eigenvalue weighted by Crippen LogP contribution is -2.64. The number of hydrogen-bond acceptors (Lipinski definition) is 3. The molecule has 4 aliphatic carbocycles. The Balaban J connectivity index is 1.52. The fourth-order valence-electron chi connectivity index (χ4n) is 5.69. The molecule has 0 radical (unpaired) electrons. The average Bonchev–Trinajstić information content (AvgIpc) is 2.45. The first kappa shape index (κ1) is 15.9. The van der Waals surface area contributed by atoms with Crippen LogP contribution in [0.25, 0.3) is 0 Å². The molecule has 3 nitrogen and oxygen atoms in total. The van der Waals surface area contributed by atoms with Gasteiger partial charge in [0, 0.05) is 22.1 Å². The molecular formula is C19H26BrNO2. The summed E-state index contributed by atoms with van der Waals surface area (Å²) in [7, 11) is 0. The monoisotopic (exact) mass is 379 g/mol. The van der Waals surface area contributed by atoms with Gasteiger partial charge in [-0.3, -0.25) is 0 Å². The Morgan fingerprint density at radius 1 is 1.26 bits per heavy atom. The van der Waals surface area contributed by atoms with Crippen LogP contribution in [0.15, 0.2) is 22.7 Å². The van der Waals surface area contributed by atoms with Crippen LogP contribution in [-0.4, -0.2) is 22.9 Å². The molecule has 2 atom stereocenters. The molecule has 4 bridgehead atoms. The second kappa shape index (κ2) is 5.75. The molecule has 4 fully saturated rings. The molecule has 0 heterocycles. The van der Waals surface area contributed by atoms with Crippen LogP contribution in [0.3, 0.4) is 0 Å². The van der Waals surface area contributed by atoms with E-state index in [0.29, 0.717) is 18.4 Å². The molecule has 2 N–H and O–H groups in total. The summed E-state index contributed by atoms with van der Waals surface area (Å²) in [5.41, 5.74) is 0.922. The summed E-state index contributed by atoms with van der Waals surface area (Å²) in [6.07, 6.45) is 6.74. The van der Waals surface area contributed by atoms with Gasteiger partial charge >= 0.3 is 0 Å². The molecule has 1 aromatic carbocycles. The number of aliphatic hydroxyl groups is 1. The van der Waals surface area contributed by atoms with E-state index in [-0.39, 0.29) is 5.54 Å². The van der Waals surface area contributed by atoms with E-state index >= 15 is 0 Å². The van der Waals surface area contributed by atoms with Crippen LogP contribution in [0.5, 0.6) is 5.75 Å². The zero-order valence-electron chi connectivity index (χ0n) is 13.8. The van der Waals surface area contributed by atoms with E-state index < -0.39 is 5.60 Å². The van der Waals surface area contributed by atoms with Crippen molar-refractivity contribution in [1.29, 1.82) is 0 Å². The van der Waals surface area contributed by atoms with E-state index in [4.69, 9.17) is 4.74 Å². The topological polar surface area (TPSA) is 41.5 Å². The number of ether oxygens (including phenoxy) is 1. The standard InChI is InChI=1S/C19H26BrNO2/c1-2-23-17-4-3-16(20)6-15(17)11-21-18-7-13-5-14(8-18)10-19(22,9-13)12-18/h3-4,6,13-14,21-22H,2,5,7-12H2,1H3/t13-,14-,18?,19?/m1/s1. The predicted molar refractivity (Wildman–Crippen MR) is 94.5 cm³/mol. The summed E-state index contributed by atoms with van der Waals surface area (Å²) < 4.78 is 6.86. The summed E-state index contributed by atoms with van der Waals surface area (Å²) in [5, 5.41) is 14.7. The van der Waals surface area contributed by atoms with Crippen molar-refractivity contribution in [3.05, 3.63) is 28.2 Å². The van der Waals surface area contributed by atoms with Gasteiger partial charge in [0.2, 0.25) is 0 Å². The quantitative estimate of drug-likeness (QED) is 0.811. The van der Waals surface area contributed by atoms with Crippen LogP contribution in [0, 0.1) is 11.8 Å². The lowest BCUT2D eigenvalue weighted by molar-refractivity contribution is -0.142. The predicted octanol–water partition coefficient (Wildman–Crippen LogP) is 4.02. The first-order valence-corrected chi connectivity index (χ1v) is 9.67. The van der Waals surface area contributed by atoms with Crippen molar-refractivity contribution in [1.82, 2.24) is 5.32 Å². The maximum Gasteiger partial charge on any atom is 0.123 e. The van der Waals surface area contributed by atoms with E-state index in [0.717, 1.165) is 36.0 Å². The smallest absolute Gasteiger partial charge is 0.123 e. The minimum absolute atomic E-state index is 0.130. The summed E-state index contributed by atoms with van der Waals surface area (Å²) in [6.45, 7) is 3.52. The normalized spacial score (nSPS) is 38.0. The Bertz CT molecular complexity index is 589. The fraction of sp³-hybridized carbons (Fsp3) is 0.684. The molecule has 4 heteroatoms. The molecule has 0 saturated heterocycles. The highest BCUT2D eigenvalue weighted by atomic mass is 79.9. The van der Waals surface area contributed by atoms with Crippen molar-refractivity contribution in [2.24, 2.45) is 11.8 Å². The second-order valence-corrected chi connectivity index (χ2v) is 8.92. The van der Waals surface area contributed by atoms with Crippen LogP contribution < -0.4 is 10.1 Å². The van der Waals surface area contributed by atoms with Crippen LogP contribution in [0.4, 0.5) is 0 Å². The first-order valence-electron chi connectivity index (χ1n) is 8.88. The van der Waals surface area contributed by atoms with Gasteiger partial charge in [0.15, 0.2) is 0 Å². The number of hydrogen-bond donors (Lipinski definition) is 2. The summed E-state index contributed by atoms with van der Waals surface area (Å²) in [5.74, 6) is 2.39. The van der Waals surface area contributed by atoms with E-state index in [9.17, 15) is 5.11 Å². The highest BCUT2D eigenvalue weighted by molar-refractivity contribution is 9.10. The molecule has 0 aromatic heterocycles. The minimum atomic E-state index is -0.406. The van der Waals surface area contributed by atoms with Crippen molar-refractivity contribution >= 4 is 15.9 Å². The van der Waals surface area contributed by atoms with E-state index in [2.05, 4.69) is 27.3 Å². The van der Waals surface area contributed by atoms with Gasteiger partial charge in [-0.25, -0.2) is 0 Å². The third-order valence-electron chi connectivity index (χ3n) is 6.01. The number of rotatable bonds is 5. The van der Waals surface area contributed by atoms with Crippen molar-refractivity contribution < 1.29 is 9.84 Å². The molecule has 5 rings (SSSR count). The Morgan fingerprint density at radius 2 is 2.00 bits per heavy atom. The highest BCUT2D eigenvalue weighted by Crippen LogP contribution is 2.57. The maximum absolute atomic E-state index is 10.9. The molecule has 126 valence electrons. The van der Waals surface area contributed by atoms with Gasteiger partial charge in [-0.2, -0.15) is 0 Å². The first-order chi connectivity index (χ1) is 11.0. The largest absolute Gasteiger partial charge is 0.494 e. The van der Waals surface area contributed by atoms with Crippen molar-refractivity contribution in [2.75, 3.05) is 6.61 Å². The molecule has 0 spiro atoms. The Morgan fingerprint density at radius 3 is 2.65 bits per heavy atom. The zero-order valence-corrected chi connectivity index (χ0v) is 15.4. The van der Waals surface area contributed by atoms with Crippen LogP contribution >= 0.6 is 15.9 Å². The van der Waals surface area contributed by atoms with E-state index in [1.165, 1.54) is 24.8 Å². The Labute approximate surface area is 146 Å². The van der Waals surface area contributed by atoms with E-state index in [1.54, 1.807) is 0 Å². The van der Waals surface area contributed by atoms with Crippen LogP contribution in [0.2, 0.25) is 0 Å². The molecule has 4 aliphatic rings. The van der Waals surface area contributed by atoms with Crippen LogP contribution in [-0.2, 0) is 6.54 Å². The summed E-state index contributed by atoms with van der Waals surface area (Å²) in [4.78, 5) is 0. The van der Waals surface area contributed by atoms with Crippen molar-refractivity contribution in [3.63, 3.8) is 0 Å². The van der Waals surface area contributed by atoms with Gasteiger partial charge in [0.05, 0.1) is 12.2 Å². The zero-order chi connectivity index (χ0) is 16.1. The number of benzene rings is 1. The number of nitrogens with one attached hydrogen (secondary N) is 1. The average molecular weight is 380 g/mol. The molecule has 0 aliphatic heterocycles. The molecule has 23 heavy (non-hydrogen) atoms. The van der Waals surface area contributed by atoms with Gasteiger partial charge in [-0.1, -0.05) is 15.9 Å². The Hall–Kier alpha value is -0.580. The minimum Gasteiger partial charge on any atom is -0.494 e. The van der Waals surface area contributed by atoms with Crippen molar-refractivity contribution in [2.45, 2.75) is 63.1 Å². The molecule has 4 saturated carbocycles. The maximum atomic E-state index is 10.9. The molecular weight excluding hydrogens is 354 g/mol. The fourth-order valence-corrected chi connectivity index (χ4v) is 6.09. The summed E-state index contributed by atoms with van der Waals surface area (Å²) in [6, 6.07) is 6.22. The highest BCUT2D eigenvalue weighted by Gasteiger charge is 2.56. The number of halogens is 1. The van der Waals surface area contributed by atoms with Gasteiger partial charge in [-0.15, -0.1) is 0 Å². The third kappa shape index (κ3) is 3.06. The lowest BCUT2D eigenvalue weighted by atomic mass is 9.51. The second-order valence-electron chi connectivity index (χ2n) is 8.00. The summed E-state index contributed by atoms with van der Waals surface area (Å²) >= 11 is 3.57. The third-order valence-corrected chi connectivity index (χ3v) is 6.50. The Kier molecular flexibility index (Phi) is 3.98. The van der Waals surface area contributed by atoms with E-state index in [1.807, 2.05) is 19.1 Å². The lowest BCUT2D eigenvalue weighted by Gasteiger charge is -2.60. The van der Waals surface area contributed by atoms with Gasteiger partial charge in [-0.05, 0) is 75.5 Å². The molecule has 0 unspecified atom stereocenters. The van der Waals surface area contributed by atoms with Crippen LogP contribution in [0.1, 0.15) is 51.0 Å².